The van der Waals surface area contributed by atoms with Gasteiger partial charge in [-0.2, -0.15) is 5.10 Å². The molecule has 4 nitrogen and oxygen atoms in total. The van der Waals surface area contributed by atoms with E-state index in [4.69, 9.17) is 5.10 Å². The van der Waals surface area contributed by atoms with Gasteiger partial charge in [0.05, 0.1) is 16.6 Å². The first-order valence-electron chi connectivity index (χ1n) is 8.05. The standard InChI is InChI=1S/C18H23N3OS/c1-13(18(22)20(2)3)23-12-16-15-10-7-11-17(15)21(19-16)14-8-5-4-6-9-14/h4-6,8-9,13H,7,10-12H2,1-3H3/t13-/m0/s1. The molecule has 1 aromatic heterocycles. The molecule has 0 fully saturated rings. The highest BCUT2D eigenvalue weighted by Gasteiger charge is 2.24. The van der Waals surface area contributed by atoms with Crippen LogP contribution in [-0.2, 0) is 23.4 Å². The van der Waals surface area contributed by atoms with E-state index < -0.39 is 0 Å². The lowest BCUT2D eigenvalue weighted by atomic mass is 10.2. The Kier molecular flexibility index (Phi) is 4.76. The minimum atomic E-state index is -0.0380. The fourth-order valence-corrected chi connectivity index (χ4v) is 4.04. The number of fused-ring (bicyclic) bond motifs is 1. The third kappa shape index (κ3) is 3.29. The molecule has 1 aliphatic carbocycles. The van der Waals surface area contributed by atoms with Crippen LogP contribution in [0.3, 0.4) is 0 Å². The van der Waals surface area contributed by atoms with Gasteiger partial charge in [-0.05, 0) is 43.9 Å². The number of carbonyl (C=O) groups is 1. The van der Waals surface area contributed by atoms with Gasteiger partial charge in [-0.25, -0.2) is 4.68 Å². The first-order valence-corrected chi connectivity index (χ1v) is 9.10. The number of aromatic nitrogens is 2. The average molecular weight is 329 g/mol. The Labute approximate surface area is 141 Å². The van der Waals surface area contributed by atoms with Crippen LogP contribution in [-0.4, -0.2) is 39.9 Å². The monoisotopic (exact) mass is 329 g/mol. The van der Waals surface area contributed by atoms with E-state index in [1.165, 1.54) is 17.7 Å². The minimum absolute atomic E-state index is 0.0380. The Hall–Kier alpha value is -1.75. The van der Waals surface area contributed by atoms with Crippen LogP contribution in [0.4, 0.5) is 0 Å². The average Bonchev–Trinajstić information content (AvgIpc) is 3.15. The summed E-state index contributed by atoms with van der Waals surface area (Å²) in [6.07, 6.45) is 3.39. The van der Waals surface area contributed by atoms with Gasteiger partial charge >= 0.3 is 0 Å². The molecule has 0 saturated carbocycles. The van der Waals surface area contributed by atoms with Crippen molar-refractivity contribution < 1.29 is 4.79 Å². The summed E-state index contributed by atoms with van der Waals surface area (Å²) in [6.45, 7) is 1.97. The molecule has 1 heterocycles. The van der Waals surface area contributed by atoms with Crippen molar-refractivity contribution in [2.24, 2.45) is 0 Å². The molecule has 0 unspecified atom stereocenters. The van der Waals surface area contributed by atoms with Gasteiger partial charge in [-0.1, -0.05) is 18.2 Å². The minimum Gasteiger partial charge on any atom is -0.348 e. The topological polar surface area (TPSA) is 38.1 Å². The Morgan fingerprint density at radius 1 is 1.30 bits per heavy atom. The van der Waals surface area contributed by atoms with Crippen molar-refractivity contribution in [3.63, 3.8) is 0 Å². The normalized spacial score (nSPS) is 14.6. The van der Waals surface area contributed by atoms with Crippen molar-refractivity contribution in [2.75, 3.05) is 14.1 Å². The quantitative estimate of drug-likeness (QED) is 0.846. The van der Waals surface area contributed by atoms with Crippen LogP contribution in [0.5, 0.6) is 0 Å². The molecule has 2 aromatic rings. The highest BCUT2D eigenvalue weighted by molar-refractivity contribution is 7.99. The van der Waals surface area contributed by atoms with Gasteiger partial charge in [0.2, 0.25) is 5.91 Å². The zero-order chi connectivity index (χ0) is 16.4. The van der Waals surface area contributed by atoms with Crippen LogP contribution < -0.4 is 0 Å². The second kappa shape index (κ2) is 6.79. The Morgan fingerprint density at radius 2 is 2.04 bits per heavy atom. The van der Waals surface area contributed by atoms with Gasteiger partial charge in [0.15, 0.2) is 0 Å². The number of benzene rings is 1. The molecular weight excluding hydrogens is 306 g/mol. The van der Waals surface area contributed by atoms with Gasteiger partial charge in [0.1, 0.15) is 0 Å². The lowest BCUT2D eigenvalue weighted by Crippen LogP contribution is -2.29. The molecule has 0 bridgehead atoms. The first-order chi connectivity index (χ1) is 11.1. The number of rotatable bonds is 5. The summed E-state index contributed by atoms with van der Waals surface area (Å²) in [6, 6.07) is 10.3. The van der Waals surface area contributed by atoms with Gasteiger partial charge in [-0.3, -0.25) is 4.79 Å². The van der Waals surface area contributed by atoms with E-state index in [1.807, 2.05) is 25.1 Å². The number of para-hydroxylation sites is 1. The zero-order valence-corrected chi connectivity index (χ0v) is 14.8. The molecule has 0 radical (unpaired) electrons. The number of hydrogen-bond acceptors (Lipinski definition) is 3. The fourth-order valence-electron chi connectivity index (χ4n) is 3.05. The third-order valence-electron chi connectivity index (χ3n) is 4.27. The summed E-state index contributed by atoms with van der Waals surface area (Å²) >= 11 is 1.67. The van der Waals surface area contributed by atoms with Crippen molar-refractivity contribution in [1.82, 2.24) is 14.7 Å². The van der Waals surface area contributed by atoms with Crippen LogP contribution in [0.1, 0.15) is 30.3 Å². The lowest BCUT2D eigenvalue weighted by molar-refractivity contribution is -0.127. The summed E-state index contributed by atoms with van der Waals surface area (Å²) in [5.74, 6) is 0.956. The fraction of sp³-hybridized carbons (Fsp3) is 0.444. The summed E-state index contributed by atoms with van der Waals surface area (Å²) in [4.78, 5) is 13.7. The van der Waals surface area contributed by atoms with Gasteiger partial charge in [-0.15, -0.1) is 11.8 Å². The number of hydrogen-bond donors (Lipinski definition) is 0. The van der Waals surface area contributed by atoms with Crippen molar-refractivity contribution in [2.45, 2.75) is 37.2 Å². The first kappa shape index (κ1) is 16.1. The highest BCUT2D eigenvalue weighted by atomic mass is 32.2. The summed E-state index contributed by atoms with van der Waals surface area (Å²) < 4.78 is 2.09. The summed E-state index contributed by atoms with van der Waals surface area (Å²) in [5, 5.41) is 4.81. The largest absolute Gasteiger partial charge is 0.348 e. The van der Waals surface area contributed by atoms with Crippen LogP contribution in [0.2, 0.25) is 0 Å². The van der Waals surface area contributed by atoms with E-state index in [0.29, 0.717) is 0 Å². The second-order valence-corrected chi connectivity index (χ2v) is 7.49. The van der Waals surface area contributed by atoms with Crippen LogP contribution in [0.15, 0.2) is 30.3 Å². The van der Waals surface area contributed by atoms with E-state index in [0.717, 1.165) is 30.0 Å². The summed E-state index contributed by atoms with van der Waals surface area (Å²) in [7, 11) is 3.61. The maximum atomic E-state index is 12.0. The molecule has 1 amide bonds. The molecular formula is C18H23N3OS. The van der Waals surface area contributed by atoms with E-state index in [9.17, 15) is 4.79 Å². The second-order valence-electron chi connectivity index (χ2n) is 6.16. The molecule has 1 aliphatic rings. The third-order valence-corrected chi connectivity index (χ3v) is 5.41. The molecule has 0 spiro atoms. The van der Waals surface area contributed by atoms with E-state index >= 15 is 0 Å². The van der Waals surface area contributed by atoms with Gasteiger partial charge < -0.3 is 4.90 Å². The maximum absolute atomic E-state index is 12.0. The number of thioether (sulfide) groups is 1. The van der Waals surface area contributed by atoms with Crippen molar-refractivity contribution >= 4 is 17.7 Å². The Bertz CT molecular complexity index is 694. The lowest BCUT2D eigenvalue weighted by Gasteiger charge is -2.16. The molecule has 122 valence electrons. The van der Waals surface area contributed by atoms with Crippen molar-refractivity contribution in [3.05, 3.63) is 47.3 Å². The van der Waals surface area contributed by atoms with E-state index in [-0.39, 0.29) is 11.2 Å². The molecule has 0 saturated heterocycles. The SMILES string of the molecule is C[C@H](SCc1nn(-c2ccccc2)c2c1CCC2)C(=O)N(C)C. The predicted molar refractivity (Wildman–Crippen MR) is 95.0 cm³/mol. The number of carbonyl (C=O) groups excluding carboxylic acids is 1. The molecule has 1 atom stereocenters. The summed E-state index contributed by atoms with van der Waals surface area (Å²) in [5.41, 5.74) is 5.01. The molecule has 23 heavy (non-hydrogen) atoms. The van der Waals surface area contributed by atoms with E-state index in [1.54, 1.807) is 30.8 Å². The molecule has 0 aliphatic heterocycles. The maximum Gasteiger partial charge on any atom is 0.234 e. The predicted octanol–water partition coefficient (Wildman–Crippen LogP) is 3.07. The van der Waals surface area contributed by atoms with Crippen molar-refractivity contribution in [1.29, 1.82) is 0 Å². The molecule has 5 heteroatoms. The van der Waals surface area contributed by atoms with Crippen LogP contribution in [0, 0.1) is 0 Å². The number of amides is 1. The van der Waals surface area contributed by atoms with Crippen LogP contribution >= 0.6 is 11.8 Å². The zero-order valence-electron chi connectivity index (χ0n) is 14.0. The van der Waals surface area contributed by atoms with Gasteiger partial charge in [0.25, 0.3) is 0 Å². The molecule has 3 rings (SSSR count). The molecule has 1 aromatic carbocycles. The highest BCUT2D eigenvalue weighted by Crippen LogP contribution is 2.30. The smallest absolute Gasteiger partial charge is 0.234 e. The molecule has 0 N–H and O–H groups in total. The van der Waals surface area contributed by atoms with E-state index in [2.05, 4.69) is 16.8 Å². The Balaban J connectivity index is 1.80. The van der Waals surface area contributed by atoms with Crippen LogP contribution in [0.25, 0.3) is 5.69 Å². The van der Waals surface area contributed by atoms with Gasteiger partial charge in [0, 0.05) is 25.5 Å². The Morgan fingerprint density at radius 3 is 2.74 bits per heavy atom. The van der Waals surface area contributed by atoms with Crippen molar-refractivity contribution in [3.8, 4) is 5.69 Å². The number of nitrogens with zero attached hydrogens (tertiary/aromatic N) is 3.